The van der Waals surface area contributed by atoms with E-state index in [0.717, 1.165) is 4.47 Å². The van der Waals surface area contributed by atoms with E-state index in [1.165, 1.54) is 6.07 Å². The van der Waals surface area contributed by atoms with Gasteiger partial charge in [0.05, 0.1) is 0 Å². The minimum atomic E-state index is -4.39. The molecular formula is C19H26BrF3N2O3. The van der Waals surface area contributed by atoms with Gasteiger partial charge in [0.1, 0.15) is 11.4 Å². The fourth-order valence-corrected chi connectivity index (χ4v) is 3.39. The number of hydrogen-bond donors (Lipinski definition) is 0. The molecule has 1 heterocycles. The number of piperazine rings is 1. The predicted octanol–water partition coefficient (Wildman–Crippen LogP) is 4.83. The third kappa shape index (κ3) is 7.16. The van der Waals surface area contributed by atoms with Crippen LogP contribution < -0.4 is 4.74 Å². The lowest BCUT2D eigenvalue weighted by molar-refractivity contribution is -0.153. The summed E-state index contributed by atoms with van der Waals surface area (Å²) in [6, 6.07) is 4.87. The normalized spacial score (nSPS) is 18.9. The Kier molecular flexibility index (Phi) is 7.25. The second-order valence-corrected chi connectivity index (χ2v) is 8.83. The number of nitrogens with zero attached hydrogens (tertiary/aromatic N) is 2. The highest BCUT2D eigenvalue weighted by atomic mass is 79.9. The average Bonchev–Trinajstić information content (AvgIpc) is 2.51. The minimum absolute atomic E-state index is 0.0738. The van der Waals surface area contributed by atoms with Gasteiger partial charge in [-0.25, -0.2) is 4.79 Å². The van der Waals surface area contributed by atoms with Crippen LogP contribution in [-0.4, -0.2) is 60.0 Å². The summed E-state index contributed by atoms with van der Waals surface area (Å²) in [6.07, 6.45) is -4.74. The van der Waals surface area contributed by atoms with Gasteiger partial charge >= 0.3 is 12.3 Å². The van der Waals surface area contributed by atoms with Crippen molar-refractivity contribution in [3.05, 3.63) is 28.2 Å². The van der Waals surface area contributed by atoms with Crippen molar-refractivity contribution in [1.82, 2.24) is 9.80 Å². The van der Waals surface area contributed by atoms with Gasteiger partial charge in [-0.2, -0.15) is 13.2 Å². The maximum absolute atomic E-state index is 12.5. The fraction of sp³-hybridized carbons (Fsp3) is 0.632. The number of rotatable bonds is 4. The van der Waals surface area contributed by atoms with Crippen LogP contribution in [0.15, 0.2) is 22.7 Å². The third-order valence-corrected chi connectivity index (χ3v) is 4.64. The quantitative estimate of drug-likeness (QED) is 0.636. The molecule has 0 aromatic heterocycles. The number of carbonyl (C=O) groups excluding carboxylic acids is 1. The van der Waals surface area contributed by atoms with E-state index >= 15 is 0 Å². The first-order chi connectivity index (χ1) is 12.8. The van der Waals surface area contributed by atoms with E-state index in [1.807, 2.05) is 27.7 Å². The van der Waals surface area contributed by atoms with E-state index in [4.69, 9.17) is 9.47 Å². The minimum Gasteiger partial charge on any atom is -0.484 e. The van der Waals surface area contributed by atoms with Crippen molar-refractivity contribution in [3.63, 3.8) is 0 Å². The molecule has 2 rings (SSSR count). The topological polar surface area (TPSA) is 42.0 Å². The molecule has 0 bridgehead atoms. The van der Waals surface area contributed by atoms with Crippen LogP contribution in [0.2, 0.25) is 0 Å². The third-order valence-electron chi connectivity index (χ3n) is 4.15. The van der Waals surface area contributed by atoms with E-state index in [9.17, 15) is 18.0 Å². The number of carbonyl (C=O) groups is 1. The Bertz CT molecular complexity index is 692. The average molecular weight is 467 g/mol. The lowest BCUT2D eigenvalue weighted by atomic mass is 10.1. The van der Waals surface area contributed by atoms with Crippen LogP contribution in [0, 0.1) is 0 Å². The Labute approximate surface area is 171 Å². The zero-order valence-corrected chi connectivity index (χ0v) is 18.1. The number of alkyl halides is 3. The summed E-state index contributed by atoms with van der Waals surface area (Å²) in [5, 5.41) is 0. The number of amides is 1. The van der Waals surface area contributed by atoms with Crippen LogP contribution in [0.3, 0.4) is 0 Å². The van der Waals surface area contributed by atoms with E-state index in [1.54, 1.807) is 17.0 Å². The van der Waals surface area contributed by atoms with Gasteiger partial charge in [0.2, 0.25) is 0 Å². The maximum Gasteiger partial charge on any atom is 0.422 e. The van der Waals surface area contributed by atoms with E-state index in [2.05, 4.69) is 20.8 Å². The zero-order valence-electron chi connectivity index (χ0n) is 16.5. The lowest BCUT2D eigenvalue weighted by Gasteiger charge is -2.40. The van der Waals surface area contributed by atoms with Crippen molar-refractivity contribution >= 4 is 22.0 Å². The number of benzene rings is 1. The molecule has 1 fully saturated rings. The molecule has 5 nitrogen and oxygen atoms in total. The number of halogens is 4. The molecular weight excluding hydrogens is 441 g/mol. The Morgan fingerprint density at radius 3 is 2.50 bits per heavy atom. The molecule has 1 amide bonds. The van der Waals surface area contributed by atoms with Crippen molar-refractivity contribution in [2.45, 2.75) is 52.1 Å². The molecule has 9 heteroatoms. The summed E-state index contributed by atoms with van der Waals surface area (Å²) in [7, 11) is 0. The summed E-state index contributed by atoms with van der Waals surface area (Å²) < 4.78 is 48.7. The van der Waals surface area contributed by atoms with Crippen molar-refractivity contribution in [1.29, 1.82) is 0 Å². The van der Waals surface area contributed by atoms with Crippen molar-refractivity contribution in [2.75, 3.05) is 26.2 Å². The Hall–Kier alpha value is -1.48. The molecule has 1 aromatic rings. The summed E-state index contributed by atoms with van der Waals surface area (Å²) in [6.45, 7) is 8.16. The Morgan fingerprint density at radius 1 is 1.25 bits per heavy atom. The predicted molar refractivity (Wildman–Crippen MR) is 103 cm³/mol. The van der Waals surface area contributed by atoms with Crippen molar-refractivity contribution < 1.29 is 27.4 Å². The first-order valence-electron chi connectivity index (χ1n) is 9.04. The van der Waals surface area contributed by atoms with Crippen LogP contribution in [0.4, 0.5) is 18.0 Å². The Balaban J connectivity index is 2.02. The van der Waals surface area contributed by atoms with Gasteiger partial charge in [-0.05, 0) is 45.9 Å². The van der Waals surface area contributed by atoms with Gasteiger partial charge in [0, 0.05) is 42.3 Å². The molecule has 1 aliphatic rings. The number of hydrogen-bond acceptors (Lipinski definition) is 4. The smallest absolute Gasteiger partial charge is 0.422 e. The molecule has 0 N–H and O–H groups in total. The Morgan fingerprint density at radius 2 is 1.93 bits per heavy atom. The molecule has 1 aromatic carbocycles. The van der Waals surface area contributed by atoms with E-state index in [-0.39, 0.29) is 17.9 Å². The van der Waals surface area contributed by atoms with Crippen LogP contribution in [0.5, 0.6) is 5.75 Å². The number of ether oxygens (including phenoxy) is 2. The maximum atomic E-state index is 12.5. The fourth-order valence-electron chi connectivity index (χ4n) is 2.98. The monoisotopic (exact) mass is 466 g/mol. The molecule has 1 saturated heterocycles. The first-order valence-corrected chi connectivity index (χ1v) is 9.83. The zero-order chi connectivity index (χ0) is 21.1. The molecule has 158 valence electrons. The first kappa shape index (κ1) is 22.8. The molecule has 1 atom stereocenters. The molecule has 0 aliphatic carbocycles. The van der Waals surface area contributed by atoms with Gasteiger partial charge < -0.3 is 14.4 Å². The summed E-state index contributed by atoms with van der Waals surface area (Å²) >= 11 is 3.35. The van der Waals surface area contributed by atoms with Gasteiger partial charge in [-0.15, -0.1) is 0 Å². The molecule has 0 unspecified atom stereocenters. The van der Waals surface area contributed by atoms with Crippen molar-refractivity contribution in [2.24, 2.45) is 0 Å². The second kappa shape index (κ2) is 8.90. The summed E-state index contributed by atoms with van der Waals surface area (Å²) in [5.74, 6) is 0.211. The standard InChI is InChI=1S/C19H26BrF3N2O3/c1-13-10-24(7-8-25(13)17(26)28-18(2,3)4)11-14-9-15(20)5-6-16(14)27-12-19(21,22)23/h5-6,9,13H,7-8,10-12H2,1-4H3/t13-/m0/s1. The molecule has 28 heavy (non-hydrogen) atoms. The van der Waals surface area contributed by atoms with Gasteiger partial charge in [-0.1, -0.05) is 15.9 Å². The summed E-state index contributed by atoms with van der Waals surface area (Å²) in [4.78, 5) is 16.1. The molecule has 0 radical (unpaired) electrons. The second-order valence-electron chi connectivity index (χ2n) is 7.91. The SMILES string of the molecule is C[C@H]1CN(Cc2cc(Br)ccc2OCC(F)(F)F)CCN1C(=O)OC(C)(C)C. The van der Waals surface area contributed by atoms with Gasteiger partial charge in [0.15, 0.2) is 6.61 Å². The van der Waals surface area contributed by atoms with E-state index < -0.39 is 18.4 Å². The van der Waals surface area contributed by atoms with Gasteiger partial charge in [-0.3, -0.25) is 4.90 Å². The summed E-state index contributed by atoms with van der Waals surface area (Å²) in [5.41, 5.74) is 0.103. The van der Waals surface area contributed by atoms with Gasteiger partial charge in [0.25, 0.3) is 0 Å². The van der Waals surface area contributed by atoms with Crippen molar-refractivity contribution in [3.8, 4) is 5.75 Å². The van der Waals surface area contributed by atoms with E-state index in [0.29, 0.717) is 31.7 Å². The highest BCUT2D eigenvalue weighted by molar-refractivity contribution is 9.10. The highest BCUT2D eigenvalue weighted by Crippen LogP contribution is 2.27. The molecule has 0 spiro atoms. The van der Waals surface area contributed by atoms with Crippen LogP contribution in [0.1, 0.15) is 33.3 Å². The lowest BCUT2D eigenvalue weighted by Crippen LogP contribution is -2.54. The highest BCUT2D eigenvalue weighted by Gasteiger charge is 2.32. The van der Waals surface area contributed by atoms with Crippen LogP contribution in [0.25, 0.3) is 0 Å². The molecule has 0 saturated carbocycles. The molecule has 1 aliphatic heterocycles. The van der Waals surface area contributed by atoms with Crippen LogP contribution in [-0.2, 0) is 11.3 Å². The van der Waals surface area contributed by atoms with Crippen LogP contribution >= 0.6 is 15.9 Å². The largest absolute Gasteiger partial charge is 0.484 e.